The number of benzene rings is 2. The molecule has 0 unspecified atom stereocenters. The molecule has 0 aromatic heterocycles. The van der Waals surface area contributed by atoms with E-state index in [2.05, 4.69) is 22.5 Å². The average Bonchev–Trinajstić information content (AvgIpc) is 2.88. The van der Waals surface area contributed by atoms with Gasteiger partial charge in [-0.3, -0.25) is 25.0 Å². The molecule has 0 atom stereocenters. The zero-order chi connectivity index (χ0) is 24.3. The number of anilines is 2. The molecule has 2 aromatic rings. The lowest BCUT2D eigenvalue weighted by Crippen LogP contribution is -2.31. The molecule has 1 amide bonds. The summed E-state index contributed by atoms with van der Waals surface area (Å²) in [5.41, 5.74) is -1.12. The maximum Gasteiger partial charge on any atom is 0.343 e. The van der Waals surface area contributed by atoms with Crippen LogP contribution in [0.1, 0.15) is 17.3 Å². The van der Waals surface area contributed by atoms with E-state index >= 15 is 0 Å². The number of fused-ring (bicyclic) bond motifs is 1. The van der Waals surface area contributed by atoms with E-state index in [0.717, 1.165) is 6.07 Å². The molecule has 1 aliphatic heterocycles. The third-order valence-corrected chi connectivity index (χ3v) is 4.83. The number of amides is 1. The van der Waals surface area contributed by atoms with Crippen molar-refractivity contribution in [2.75, 3.05) is 17.2 Å². The van der Waals surface area contributed by atoms with E-state index in [1.54, 1.807) is 31.2 Å². The van der Waals surface area contributed by atoms with Crippen LogP contribution in [-0.2, 0) is 9.53 Å². The van der Waals surface area contributed by atoms with Crippen LogP contribution in [0.25, 0.3) is 0 Å². The summed E-state index contributed by atoms with van der Waals surface area (Å²) < 4.78 is 5.05. The Morgan fingerprint density at radius 1 is 1.12 bits per heavy atom. The lowest BCUT2D eigenvalue weighted by Gasteiger charge is -2.16. The fourth-order valence-corrected chi connectivity index (χ4v) is 3.24. The minimum absolute atomic E-state index is 0.0344. The number of esters is 1. The van der Waals surface area contributed by atoms with Crippen molar-refractivity contribution in [3.8, 4) is 0 Å². The van der Waals surface area contributed by atoms with Gasteiger partial charge in [0.25, 0.3) is 17.3 Å². The van der Waals surface area contributed by atoms with Crippen LogP contribution in [0.4, 0.5) is 22.7 Å². The molecular weight excluding hydrogens is 458 g/mol. The van der Waals surface area contributed by atoms with E-state index in [1.165, 1.54) is 0 Å². The van der Waals surface area contributed by atoms with Crippen LogP contribution in [0, 0.1) is 20.2 Å². The molecule has 1 aliphatic rings. The van der Waals surface area contributed by atoms with Crippen LogP contribution < -0.4 is 16.0 Å². The minimum atomic E-state index is -1.04. The van der Waals surface area contributed by atoms with Crippen molar-refractivity contribution < 1.29 is 24.2 Å². The first-order valence-electron chi connectivity index (χ1n) is 9.31. The molecule has 0 radical (unpaired) electrons. The lowest BCUT2D eigenvalue weighted by molar-refractivity contribution is -0.394. The van der Waals surface area contributed by atoms with E-state index < -0.39 is 43.7 Å². The second-order valence-electron chi connectivity index (χ2n) is 6.54. The third kappa shape index (κ3) is 4.75. The highest BCUT2D eigenvalue weighted by Crippen LogP contribution is 2.34. The van der Waals surface area contributed by atoms with Gasteiger partial charge in [0, 0.05) is 11.8 Å². The molecular formula is C20H16ClN5O7. The number of para-hydroxylation sites is 2. The van der Waals surface area contributed by atoms with Crippen LogP contribution in [0.2, 0.25) is 5.02 Å². The first-order valence-corrected chi connectivity index (χ1v) is 9.69. The lowest BCUT2D eigenvalue weighted by atomic mass is 10.1. The molecule has 0 bridgehead atoms. The first kappa shape index (κ1) is 23.2. The Kier molecular flexibility index (Phi) is 6.59. The Labute approximate surface area is 191 Å². The van der Waals surface area contributed by atoms with Crippen LogP contribution in [0.5, 0.6) is 0 Å². The molecule has 3 N–H and O–H groups in total. The van der Waals surface area contributed by atoms with Crippen molar-refractivity contribution in [3.05, 3.63) is 90.9 Å². The van der Waals surface area contributed by atoms with Crippen LogP contribution in [0.15, 0.2) is 60.1 Å². The van der Waals surface area contributed by atoms with E-state index in [0.29, 0.717) is 17.4 Å². The fraction of sp³-hybridized carbons (Fsp3) is 0.100. The molecule has 170 valence electrons. The van der Waals surface area contributed by atoms with E-state index in [1.807, 2.05) is 0 Å². The monoisotopic (exact) mass is 473 g/mol. The third-order valence-electron chi connectivity index (χ3n) is 4.43. The van der Waals surface area contributed by atoms with Crippen LogP contribution in [0.3, 0.4) is 0 Å². The minimum Gasteiger partial charge on any atom is -0.462 e. The molecule has 0 aliphatic carbocycles. The summed E-state index contributed by atoms with van der Waals surface area (Å²) in [6.45, 7) is 5.44. The summed E-state index contributed by atoms with van der Waals surface area (Å²) in [5.74, 6) is -2.02. The highest BCUT2D eigenvalue weighted by Gasteiger charge is 2.30. The number of non-ortho nitro benzene ring substituents is 1. The number of carbonyl (C=O) groups excluding carboxylic acids is 2. The summed E-state index contributed by atoms with van der Waals surface area (Å²) in [6, 6.07) is 8.23. The van der Waals surface area contributed by atoms with Crippen molar-refractivity contribution in [2.24, 2.45) is 0 Å². The Balaban J connectivity index is 2.11. The maximum atomic E-state index is 13.0. The van der Waals surface area contributed by atoms with Gasteiger partial charge in [0.15, 0.2) is 0 Å². The SMILES string of the molecule is C=C1Nc2ccccc2NC(NC(=O)c2cc([N+](=O)[O-])cc([N+](=O)[O-])c2Cl)=C1C(=O)OCC. The first-order chi connectivity index (χ1) is 15.6. The van der Waals surface area contributed by atoms with Crippen molar-refractivity contribution in [1.29, 1.82) is 0 Å². The summed E-state index contributed by atoms with van der Waals surface area (Å²) in [5, 5.41) is 30.1. The van der Waals surface area contributed by atoms with Gasteiger partial charge in [0.2, 0.25) is 0 Å². The maximum absolute atomic E-state index is 13.0. The molecule has 12 nitrogen and oxygen atoms in total. The van der Waals surface area contributed by atoms with Gasteiger partial charge in [-0.25, -0.2) is 4.79 Å². The average molecular weight is 474 g/mol. The number of nitrogens with zero attached hydrogens (tertiary/aromatic N) is 2. The molecule has 3 rings (SSSR count). The molecule has 2 aromatic carbocycles. The number of rotatable bonds is 6. The van der Waals surface area contributed by atoms with Gasteiger partial charge >= 0.3 is 5.97 Å². The van der Waals surface area contributed by atoms with Crippen LogP contribution >= 0.6 is 11.6 Å². The van der Waals surface area contributed by atoms with E-state index in [-0.39, 0.29) is 23.7 Å². The quantitative estimate of drug-likeness (QED) is 0.322. The van der Waals surface area contributed by atoms with Gasteiger partial charge in [-0.2, -0.15) is 0 Å². The summed E-state index contributed by atoms with van der Waals surface area (Å²) in [7, 11) is 0. The van der Waals surface area contributed by atoms with Gasteiger partial charge in [-0.1, -0.05) is 30.3 Å². The largest absolute Gasteiger partial charge is 0.462 e. The van der Waals surface area contributed by atoms with Gasteiger partial charge in [0.1, 0.15) is 16.4 Å². The van der Waals surface area contributed by atoms with Crippen molar-refractivity contribution in [2.45, 2.75) is 6.92 Å². The summed E-state index contributed by atoms with van der Waals surface area (Å²) in [4.78, 5) is 46.3. The zero-order valence-corrected chi connectivity index (χ0v) is 17.8. The molecule has 13 heteroatoms. The number of halogens is 1. The Morgan fingerprint density at radius 2 is 1.76 bits per heavy atom. The standard InChI is InChI=1S/C20H16ClN5O7/c1-3-33-20(28)16-10(2)22-13-6-4-5-7-14(13)23-18(16)24-19(27)12-8-11(25(29)30)9-15(17(12)21)26(31)32/h4-9,22-23H,2-3H2,1H3,(H,24,27). The summed E-state index contributed by atoms with van der Waals surface area (Å²) in [6.07, 6.45) is 0. The number of nitro groups is 2. The molecule has 0 saturated heterocycles. The number of ether oxygens (including phenoxy) is 1. The van der Waals surface area contributed by atoms with E-state index in [4.69, 9.17) is 16.3 Å². The van der Waals surface area contributed by atoms with Crippen molar-refractivity contribution in [3.63, 3.8) is 0 Å². The number of hydrogen-bond donors (Lipinski definition) is 3. The molecule has 0 spiro atoms. The summed E-state index contributed by atoms with van der Waals surface area (Å²) >= 11 is 6.00. The highest BCUT2D eigenvalue weighted by molar-refractivity contribution is 6.36. The second-order valence-corrected chi connectivity index (χ2v) is 6.92. The van der Waals surface area contributed by atoms with E-state index in [9.17, 15) is 29.8 Å². The predicted molar refractivity (Wildman–Crippen MR) is 119 cm³/mol. The molecule has 1 heterocycles. The number of hydrogen-bond acceptors (Lipinski definition) is 9. The fourth-order valence-electron chi connectivity index (χ4n) is 2.98. The molecule has 0 fully saturated rings. The normalized spacial score (nSPS) is 12.6. The molecule has 33 heavy (non-hydrogen) atoms. The van der Waals surface area contributed by atoms with Gasteiger partial charge in [0.05, 0.1) is 39.5 Å². The zero-order valence-electron chi connectivity index (χ0n) is 17.0. The van der Waals surface area contributed by atoms with Crippen molar-refractivity contribution >= 4 is 46.2 Å². The number of carbonyl (C=O) groups is 2. The molecule has 0 saturated carbocycles. The predicted octanol–water partition coefficient (Wildman–Crippen LogP) is 3.71. The number of nitro benzene ring substituents is 2. The van der Waals surface area contributed by atoms with Gasteiger partial charge < -0.3 is 20.7 Å². The second kappa shape index (κ2) is 9.36. The van der Waals surface area contributed by atoms with Gasteiger partial charge in [-0.15, -0.1) is 0 Å². The Hall–Kier alpha value is -4.45. The Morgan fingerprint density at radius 3 is 2.33 bits per heavy atom. The number of nitrogens with one attached hydrogen (secondary N) is 3. The van der Waals surface area contributed by atoms with Crippen molar-refractivity contribution in [1.82, 2.24) is 5.32 Å². The smallest absolute Gasteiger partial charge is 0.343 e. The highest BCUT2D eigenvalue weighted by atomic mass is 35.5. The topological polar surface area (TPSA) is 166 Å². The Bertz CT molecular complexity index is 1240. The van der Waals surface area contributed by atoms with Gasteiger partial charge in [-0.05, 0) is 19.1 Å². The van der Waals surface area contributed by atoms with Crippen LogP contribution in [-0.4, -0.2) is 28.3 Å².